The highest BCUT2D eigenvalue weighted by Crippen LogP contribution is 2.57. The zero-order valence-corrected chi connectivity index (χ0v) is 22.3. The van der Waals surface area contributed by atoms with E-state index in [1.807, 2.05) is 0 Å². The summed E-state index contributed by atoms with van der Waals surface area (Å²) in [5.41, 5.74) is -0.410. The van der Waals surface area contributed by atoms with Gasteiger partial charge in [0, 0.05) is 52.4 Å². The van der Waals surface area contributed by atoms with Crippen LogP contribution >= 0.6 is 0 Å². The number of phenolic OH excluding ortho intramolecular Hbond substituents is 10. The minimum atomic E-state index is -1.75. The minimum absolute atomic E-state index is 0.00153. The Morgan fingerprint density at radius 2 is 1.05 bits per heavy atom. The monoisotopic (exact) mass is 610 g/mol. The second-order valence-electron chi connectivity index (χ2n) is 10.6. The molecule has 0 radical (unpaired) electrons. The molecule has 0 amide bonds. The van der Waals surface area contributed by atoms with Crippen molar-refractivity contribution in [3.05, 3.63) is 70.3 Å². The Balaban J connectivity index is 1.56. The van der Waals surface area contributed by atoms with Crippen molar-refractivity contribution < 1.29 is 70.8 Å². The molecule has 0 fully saturated rings. The first-order valence-corrected chi connectivity index (χ1v) is 13.1. The maximum atomic E-state index is 11.8. The van der Waals surface area contributed by atoms with Crippen molar-refractivity contribution in [3.8, 4) is 69.0 Å². The lowest BCUT2D eigenvalue weighted by molar-refractivity contribution is 0.00106. The van der Waals surface area contributed by atoms with Crippen LogP contribution in [0, 0.1) is 0 Å². The Kier molecular flexibility index (Phi) is 6.48. The van der Waals surface area contributed by atoms with Crippen LogP contribution < -0.4 is 9.47 Å². The molecule has 230 valence electrons. The van der Waals surface area contributed by atoms with E-state index < -0.39 is 87.8 Å². The summed E-state index contributed by atoms with van der Waals surface area (Å²) in [6.07, 6.45) is -6.26. The fraction of sp³-hybridized carbons (Fsp3) is 0.200. The second-order valence-corrected chi connectivity index (χ2v) is 10.6. The van der Waals surface area contributed by atoms with E-state index in [2.05, 4.69) is 0 Å². The summed E-state index contributed by atoms with van der Waals surface area (Å²) in [5.74, 6) is -8.60. The summed E-state index contributed by atoms with van der Waals surface area (Å²) in [4.78, 5) is 0. The van der Waals surface area contributed by atoms with Gasteiger partial charge >= 0.3 is 0 Å². The molecule has 4 aromatic rings. The van der Waals surface area contributed by atoms with Gasteiger partial charge in [-0.25, -0.2) is 0 Å². The number of benzene rings is 4. The maximum absolute atomic E-state index is 11.8. The Labute approximate surface area is 247 Å². The number of fused-ring (bicyclic) bond motifs is 2. The molecule has 0 spiro atoms. The first kappa shape index (κ1) is 28.5. The molecule has 5 atom stereocenters. The first-order chi connectivity index (χ1) is 20.8. The van der Waals surface area contributed by atoms with Crippen molar-refractivity contribution in [2.45, 2.75) is 36.8 Å². The summed E-state index contributed by atoms with van der Waals surface area (Å²) < 4.78 is 12.0. The van der Waals surface area contributed by atoms with Crippen LogP contribution in [0.1, 0.15) is 45.9 Å². The smallest absolute Gasteiger partial charge is 0.200 e. The van der Waals surface area contributed by atoms with E-state index >= 15 is 0 Å². The quantitative estimate of drug-likeness (QED) is 0.149. The lowest BCUT2D eigenvalue weighted by Crippen LogP contribution is -2.36. The van der Waals surface area contributed by atoms with Gasteiger partial charge in [-0.05, 0) is 24.3 Å². The number of aliphatic hydroxyl groups is 2. The van der Waals surface area contributed by atoms with Crippen LogP contribution in [0.2, 0.25) is 0 Å². The van der Waals surface area contributed by atoms with E-state index in [-0.39, 0.29) is 45.7 Å². The average Bonchev–Trinajstić information content (AvgIpc) is 2.95. The number of hydrogen-bond acceptors (Lipinski definition) is 14. The highest BCUT2D eigenvalue weighted by atomic mass is 16.5. The molecule has 0 saturated heterocycles. The maximum Gasteiger partial charge on any atom is 0.200 e. The summed E-state index contributed by atoms with van der Waals surface area (Å²) in [6, 6.07) is 7.08. The van der Waals surface area contributed by atoms with Gasteiger partial charge in [-0.15, -0.1) is 0 Å². The van der Waals surface area contributed by atoms with Crippen molar-refractivity contribution >= 4 is 0 Å². The number of aliphatic hydroxyl groups excluding tert-OH is 2. The van der Waals surface area contributed by atoms with Gasteiger partial charge in [0.15, 0.2) is 46.7 Å². The molecule has 44 heavy (non-hydrogen) atoms. The van der Waals surface area contributed by atoms with Gasteiger partial charge in [-0.1, -0.05) is 0 Å². The van der Waals surface area contributed by atoms with Crippen LogP contribution in [0.15, 0.2) is 42.5 Å². The van der Waals surface area contributed by atoms with Crippen molar-refractivity contribution in [2.24, 2.45) is 0 Å². The van der Waals surface area contributed by atoms with E-state index in [9.17, 15) is 61.3 Å². The molecule has 4 aromatic carbocycles. The highest BCUT2D eigenvalue weighted by molar-refractivity contribution is 5.66. The molecule has 12 N–H and O–H groups in total. The third kappa shape index (κ3) is 4.35. The van der Waals surface area contributed by atoms with Crippen molar-refractivity contribution in [1.82, 2.24) is 0 Å². The molecule has 14 heteroatoms. The predicted molar refractivity (Wildman–Crippen MR) is 147 cm³/mol. The Hall–Kier alpha value is -5.60. The third-order valence-electron chi connectivity index (χ3n) is 7.86. The number of ether oxygens (including phenoxy) is 2. The van der Waals surface area contributed by atoms with E-state index in [4.69, 9.17) is 9.47 Å². The number of aromatic hydroxyl groups is 10. The number of rotatable bonds is 3. The fourth-order valence-electron chi connectivity index (χ4n) is 5.85. The van der Waals surface area contributed by atoms with Crippen LogP contribution in [0.25, 0.3) is 0 Å². The van der Waals surface area contributed by atoms with Gasteiger partial charge in [-0.2, -0.15) is 0 Å². The fourth-order valence-corrected chi connectivity index (χ4v) is 5.85. The predicted octanol–water partition coefficient (Wildman–Crippen LogP) is 2.41. The van der Waals surface area contributed by atoms with E-state index in [0.29, 0.717) is 0 Å². The highest BCUT2D eigenvalue weighted by Gasteiger charge is 2.46. The molecular formula is C30H26O14. The molecule has 0 saturated carbocycles. The van der Waals surface area contributed by atoms with Gasteiger partial charge in [0.05, 0.1) is 12.0 Å². The molecule has 2 aliphatic rings. The van der Waals surface area contributed by atoms with E-state index in [1.54, 1.807) is 0 Å². The van der Waals surface area contributed by atoms with E-state index in [1.165, 1.54) is 0 Å². The standard InChI is InChI=1S/C30H26O14/c31-11-5-14(33)22-21(6-11)43-29(10-3-18(37)26(41)19(38)4-10)27(42)24(22)23-15(34)8-13(32)12-7-20(39)28(44-30(12)23)9-1-16(35)25(40)17(36)2-9/h1-6,8,20,24,27-29,31-42H,7H2/t20-,24-,27-,28+,29-/m1/s1. The number of phenols is 10. The van der Waals surface area contributed by atoms with Crippen LogP contribution in [0.3, 0.4) is 0 Å². The van der Waals surface area contributed by atoms with Gasteiger partial charge in [0.2, 0.25) is 0 Å². The van der Waals surface area contributed by atoms with Crippen LogP contribution in [0.5, 0.6) is 69.0 Å². The molecule has 2 heterocycles. The molecule has 0 bridgehead atoms. The van der Waals surface area contributed by atoms with Gasteiger partial charge in [0.25, 0.3) is 0 Å². The van der Waals surface area contributed by atoms with Gasteiger partial charge in [-0.3, -0.25) is 0 Å². The Morgan fingerprint density at radius 3 is 1.61 bits per heavy atom. The Bertz CT molecular complexity index is 1770. The lowest BCUT2D eigenvalue weighted by atomic mass is 9.77. The summed E-state index contributed by atoms with van der Waals surface area (Å²) >= 11 is 0. The summed E-state index contributed by atoms with van der Waals surface area (Å²) in [5, 5.41) is 126. The number of hydrogen-bond donors (Lipinski definition) is 12. The molecular weight excluding hydrogens is 584 g/mol. The van der Waals surface area contributed by atoms with Crippen LogP contribution in [-0.2, 0) is 6.42 Å². The van der Waals surface area contributed by atoms with Crippen LogP contribution in [-0.4, -0.2) is 73.5 Å². The molecule has 2 aliphatic heterocycles. The molecule has 0 aromatic heterocycles. The molecule has 14 nitrogen and oxygen atoms in total. The lowest BCUT2D eigenvalue weighted by Gasteiger charge is -2.40. The molecule has 6 rings (SSSR count). The van der Waals surface area contributed by atoms with Crippen molar-refractivity contribution in [3.63, 3.8) is 0 Å². The average molecular weight is 611 g/mol. The largest absolute Gasteiger partial charge is 0.508 e. The van der Waals surface area contributed by atoms with E-state index in [0.717, 1.165) is 42.5 Å². The first-order valence-electron chi connectivity index (χ1n) is 13.1. The van der Waals surface area contributed by atoms with Gasteiger partial charge in [0.1, 0.15) is 40.6 Å². The van der Waals surface area contributed by atoms with Crippen molar-refractivity contribution in [2.75, 3.05) is 0 Å². The normalized spacial score (nSPS) is 22.4. The zero-order chi connectivity index (χ0) is 31.8. The molecule has 0 aliphatic carbocycles. The third-order valence-corrected chi connectivity index (χ3v) is 7.86. The topological polar surface area (TPSA) is 261 Å². The minimum Gasteiger partial charge on any atom is -0.508 e. The van der Waals surface area contributed by atoms with Gasteiger partial charge < -0.3 is 70.8 Å². The van der Waals surface area contributed by atoms with Crippen LogP contribution in [0.4, 0.5) is 0 Å². The zero-order valence-electron chi connectivity index (χ0n) is 22.3. The SMILES string of the molecule is Oc1cc(O)c2c(c1)O[C@H](c1cc(O)c(O)c(O)c1)[C@H](O)[C@H]2c1c(O)cc(O)c2c1O[C@@H](c1cc(O)c(O)c(O)c1)[C@H](O)C2. The molecule has 0 unspecified atom stereocenters. The summed E-state index contributed by atoms with van der Waals surface area (Å²) in [6.45, 7) is 0. The Morgan fingerprint density at radius 1 is 0.523 bits per heavy atom. The summed E-state index contributed by atoms with van der Waals surface area (Å²) in [7, 11) is 0. The second kappa shape index (κ2) is 10.00. The van der Waals surface area contributed by atoms with Crippen molar-refractivity contribution in [1.29, 1.82) is 0 Å².